The molecular formula is C16H25ClN2O4S. The molecule has 6 nitrogen and oxygen atoms in total. The summed E-state index contributed by atoms with van der Waals surface area (Å²) in [5, 5.41) is 3.22. The number of benzene rings is 1. The highest BCUT2D eigenvalue weighted by Gasteiger charge is 2.22. The summed E-state index contributed by atoms with van der Waals surface area (Å²) in [7, 11) is -3.66. The Morgan fingerprint density at radius 3 is 2.54 bits per heavy atom. The molecule has 8 heteroatoms. The number of hydrogen-bond donors (Lipinski definition) is 1. The molecule has 0 heterocycles. The fraction of sp³-hybridized carbons (Fsp3) is 0.562. The van der Waals surface area contributed by atoms with Gasteiger partial charge in [0.25, 0.3) is 0 Å². The number of urea groups is 1. The summed E-state index contributed by atoms with van der Waals surface area (Å²) in [5.41, 5.74) is 0.547. The molecule has 1 rings (SSSR count). The molecule has 0 aliphatic rings. The Hall–Kier alpha value is -1.47. The second-order valence-corrected chi connectivity index (χ2v) is 7.70. The van der Waals surface area contributed by atoms with Crippen molar-refractivity contribution in [2.75, 3.05) is 12.3 Å². The number of carbonyl (C=O) groups excluding carboxylic acids is 1. The second-order valence-electron chi connectivity index (χ2n) is 5.40. The molecule has 24 heavy (non-hydrogen) atoms. The minimum atomic E-state index is -3.66. The number of nitrogens with one attached hydrogen (secondary N) is 1. The van der Waals surface area contributed by atoms with Crippen molar-refractivity contribution in [1.29, 1.82) is 0 Å². The van der Waals surface area contributed by atoms with Crippen LogP contribution in [0.5, 0.6) is 5.75 Å². The average molecular weight is 377 g/mol. The van der Waals surface area contributed by atoms with Crippen LogP contribution in [0.1, 0.15) is 39.7 Å². The fourth-order valence-electron chi connectivity index (χ4n) is 2.03. The number of amides is 2. The van der Waals surface area contributed by atoms with Crippen molar-refractivity contribution in [2.24, 2.45) is 0 Å². The topological polar surface area (TPSA) is 75.7 Å². The molecule has 1 aromatic carbocycles. The molecule has 1 aromatic rings. The van der Waals surface area contributed by atoms with Crippen molar-refractivity contribution >= 4 is 27.8 Å². The lowest BCUT2D eigenvalue weighted by Gasteiger charge is -2.29. The maximum absolute atomic E-state index is 12.3. The van der Waals surface area contributed by atoms with Crippen LogP contribution in [0.4, 0.5) is 4.79 Å². The summed E-state index contributed by atoms with van der Waals surface area (Å²) in [6.45, 7) is 7.97. The maximum Gasteiger partial charge on any atom is 0.317 e. The Kier molecular flexibility index (Phi) is 7.83. The van der Waals surface area contributed by atoms with Crippen LogP contribution in [-0.4, -0.2) is 37.7 Å². The van der Waals surface area contributed by atoms with Crippen LogP contribution in [0.2, 0.25) is 5.02 Å². The zero-order chi connectivity index (χ0) is 18.3. The van der Waals surface area contributed by atoms with E-state index in [1.807, 2.05) is 20.8 Å². The number of halogens is 1. The highest BCUT2D eigenvalue weighted by Crippen LogP contribution is 2.26. The first-order chi connectivity index (χ1) is 11.2. The standard InChI is InChI=1S/C16H25ClN2O4S/c1-5-12(4)19(16(20)18-6-2)11-13-10-14(17)8-9-15(13)23-24(21,22)7-3/h8-10,12H,5-7,11H2,1-4H3,(H,18,20)/t12-/m1/s1. The van der Waals surface area contributed by atoms with Gasteiger partial charge in [0.2, 0.25) is 0 Å². The zero-order valence-electron chi connectivity index (χ0n) is 14.5. The minimum Gasteiger partial charge on any atom is -0.382 e. The van der Waals surface area contributed by atoms with E-state index in [2.05, 4.69) is 5.32 Å². The van der Waals surface area contributed by atoms with Crippen molar-refractivity contribution in [3.8, 4) is 5.75 Å². The second kappa shape index (κ2) is 9.13. The van der Waals surface area contributed by atoms with Gasteiger partial charge in [-0.1, -0.05) is 18.5 Å². The summed E-state index contributed by atoms with van der Waals surface area (Å²) in [6.07, 6.45) is 0.765. The first-order valence-electron chi connectivity index (χ1n) is 7.99. The SMILES string of the molecule is CCNC(=O)N(Cc1cc(Cl)ccc1OS(=O)(=O)CC)[C@H](C)CC. The predicted molar refractivity (Wildman–Crippen MR) is 95.9 cm³/mol. The third-order valence-corrected chi connectivity index (χ3v) is 5.02. The Bertz CT molecular complexity index is 664. The van der Waals surface area contributed by atoms with E-state index >= 15 is 0 Å². The summed E-state index contributed by atoms with van der Waals surface area (Å²) in [5.74, 6) is 0.0550. The Morgan fingerprint density at radius 2 is 2.00 bits per heavy atom. The first kappa shape index (κ1) is 20.6. The van der Waals surface area contributed by atoms with Crippen LogP contribution in [0, 0.1) is 0 Å². The average Bonchev–Trinajstić information content (AvgIpc) is 2.54. The molecule has 0 aliphatic heterocycles. The molecule has 0 fully saturated rings. The van der Waals surface area contributed by atoms with Gasteiger partial charge in [-0.3, -0.25) is 0 Å². The molecular weight excluding hydrogens is 352 g/mol. The molecule has 1 atom stereocenters. The molecule has 0 spiro atoms. The van der Waals surface area contributed by atoms with Crippen LogP contribution in [0.25, 0.3) is 0 Å². The lowest BCUT2D eigenvalue weighted by atomic mass is 10.1. The van der Waals surface area contributed by atoms with Gasteiger partial charge in [0.05, 0.1) is 12.3 Å². The third kappa shape index (κ3) is 5.87. The monoisotopic (exact) mass is 376 g/mol. The van der Waals surface area contributed by atoms with Gasteiger partial charge < -0.3 is 14.4 Å². The quantitative estimate of drug-likeness (QED) is 0.705. The van der Waals surface area contributed by atoms with E-state index in [9.17, 15) is 13.2 Å². The maximum atomic E-state index is 12.3. The summed E-state index contributed by atoms with van der Waals surface area (Å²) in [6, 6.07) is 4.46. The summed E-state index contributed by atoms with van der Waals surface area (Å²) < 4.78 is 28.7. The first-order valence-corrected chi connectivity index (χ1v) is 9.94. The van der Waals surface area contributed by atoms with E-state index in [1.165, 1.54) is 13.0 Å². The van der Waals surface area contributed by atoms with Crippen LogP contribution in [-0.2, 0) is 16.7 Å². The summed E-state index contributed by atoms with van der Waals surface area (Å²) >= 11 is 6.04. The van der Waals surface area contributed by atoms with E-state index in [1.54, 1.807) is 17.0 Å². The number of carbonyl (C=O) groups is 1. The molecule has 0 saturated carbocycles. The molecule has 0 unspecified atom stereocenters. The van der Waals surface area contributed by atoms with Crippen LogP contribution < -0.4 is 9.50 Å². The van der Waals surface area contributed by atoms with E-state index in [4.69, 9.17) is 15.8 Å². The van der Waals surface area contributed by atoms with Crippen LogP contribution in [0.3, 0.4) is 0 Å². The predicted octanol–water partition coefficient (Wildman–Crippen LogP) is 3.40. The lowest BCUT2D eigenvalue weighted by Crippen LogP contribution is -2.44. The molecule has 0 aliphatic carbocycles. The molecule has 0 aromatic heterocycles. The van der Waals surface area contributed by atoms with Crippen molar-refractivity contribution in [3.05, 3.63) is 28.8 Å². The molecule has 0 bridgehead atoms. The highest BCUT2D eigenvalue weighted by molar-refractivity contribution is 7.87. The van der Waals surface area contributed by atoms with Gasteiger partial charge in [-0.2, -0.15) is 8.42 Å². The number of rotatable bonds is 8. The highest BCUT2D eigenvalue weighted by atomic mass is 35.5. The molecule has 1 N–H and O–H groups in total. The largest absolute Gasteiger partial charge is 0.382 e. The van der Waals surface area contributed by atoms with Crippen LogP contribution >= 0.6 is 11.6 Å². The smallest absolute Gasteiger partial charge is 0.317 e. The molecule has 0 saturated heterocycles. The molecule has 2 amide bonds. The van der Waals surface area contributed by atoms with Gasteiger partial charge in [0.15, 0.2) is 0 Å². The molecule has 0 radical (unpaired) electrons. The lowest BCUT2D eigenvalue weighted by molar-refractivity contribution is 0.173. The fourth-order valence-corrected chi connectivity index (χ4v) is 2.78. The number of nitrogens with zero attached hydrogens (tertiary/aromatic N) is 1. The molecule has 136 valence electrons. The van der Waals surface area contributed by atoms with Crippen LogP contribution in [0.15, 0.2) is 18.2 Å². The van der Waals surface area contributed by atoms with E-state index in [0.717, 1.165) is 6.42 Å². The van der Waals surface area contributed by atoms with Gasteiger partial charge in [-0.15, -0.1) is 0 Å². The van der Waals surface area contributed by atoms with Gasteiger partial charge in [-0.05, 0) is 45.4 Å². The van der Waals surface area contributed by atoms with E-state index in [0.29, 0.717) is 17.1 Å². The van der Waals surface area contributed by atoms with Gasteiger partial charge in [-0.25, -0.2) is 4.79 Å². The van der Waals surface area contributed by atoms with Gasteiger partial charge in [0.1, 0.15) is 5.75 Å². The van der Waals surface area contributed by atoms with Crippen molar-refractivity contribution in [2.45, 2.75) is 46.7 Å². The van der Waals surface area contributed by atoms with Crippen molar-refractivity contribution < 1.29 is 17.4 Å². The van der Waals surface area contributed by atoms with Crippen molar-refractivity contribution in [1.82, 2.24) is 10.2 Å². The zero-order valence-corrected chi connectivity index (χ0v) is 16.1. The number of hydrogen-bond acceptors (Lipinski definition) is 4. The van der Waals surface area contributed by atoms with Gasteiger partial charge in [0, 0.05) is 23.2 Å². The van der Waals surface area contributed by atoms with Gasteiger partial charge >= 0.3 is 16.1 Å². The third-order valence-electron chi connectivity index (χ3n) is 3.65. The van der Waals surface area contributed by atoms with E-state index in [-0.39, 0.29) is 30.1 Å². The normalized spacial score (nSPS) is 12.5. The summed E-state index contributed by atoms with van der Waals surface area (Å²) in [4.78, 5) is 13.9. The van der Waals surface area contributed by atoms with E-state index < -0.39 is 10.1 Å². The Labute approximate surface area is 149 Å². The Morgan fingerprint density at radius 1 is 1.33 bits per heavy atom. The van der Waals surface area contributed by atoms with Crippen molar-refractivity contribution in [3.63, 3.8) is 0 Å². The Balaban J connectivity index is 3.17. The minimum absolute atomic E-state index is 0.0221.